The van der Waals surface area contributed by atoms with Crippen LogP contribution in [-0.2, 0) is 4.79 Å². The topological polar surface area (TPSA) is 68.5 Å². The van der Waals surface area contributed by atoms with Crippen LogP contribution in [0.1, 0.15) is 60.8 Å². The number of carbonyl (C=O) groups is 1. The number of halogens is 4. The summed E-state index contributed by atoms with van der Waals surface area (Å²) in [4.78, 5) is 20.3. The Hall–Kier alpha value is -3.30. The number of aliphatic imine (C=N–C) groups is 1. The van der Waals surface area contributed by atoms with Gasteiger partial charge in [0.2, 0.25) is 6.43 Å². The molecule has 2 heterocycles. The first-order chi connectivity index (χ1) is 21.9. The molecule has 1 amide bonds. The number of fused-ring (bicyclic) bond motifs is 1. The van der Waals surface area contributed by atoms with E-state index in [4.69, 9.17) is 22.0 Å². The van der Waals surface area contributed by atoms with Gasteiger partial charge in [-0.3, -0.25) is 9.79 Å². The number of nitrogens with zero attached hydrogens (tertiary/aromatic N) is 2. The van der Waals surface area contributed by atoms with Crippen LogP contribution in [0.5, 0.6) is 0 Å². The van der Waals surface area contributed by atoms with E-state index < -0.39 is 6.43 Å². The molecule has 0 aromatic heterocycles. The number of allylic oxidation sites excluding steroid dienone is 7. The fraction of sp³-hybridized carbons (Fsp3) is 0.417. The normalized spacial score (nSPS) is 18.1. The third-order valence-corrected chi connectivity index (χ3v) is 8.85. The SMILES string of the molecule is C/C=C\SC(C1=NCC(C(=N)/C=C\CC(F)F)=C2CC(NC(=O)C(/C=C\C)=C/C=C(C)C)CN12)C(C)CC.Fc1cccc(Cl)c1. The number of rotatable bonds is 13. The van der Waals surface area contributed by atoms with Crippen molar-refractivity contribution >= 4 is 40.8 Å². The lowest BCUT2D eigenvalue weighted by atomic mass is 9.99. The van der Waals surface area contributed by atoms with Gasteiger partial charge in [-0.2, -0.15) is 0 Å². The fourth-order valence-corrected chi connectivity index (χ4v) is 6.05. The van der Waals surface area contributed by atoms with E-state index >= 15 is 0 Å². The number of hydrogen-bond donors (Lipinski definition) is 2. The predicted molar refractivity (Wildman–Crippen MR) is 189 cm³/mol. The van der Waals surface area contributed by atoms with Gasteiger partial charge in [0, 0.05) is 41.3 Å². The zero-order valence-electron chi connectivity index (χ0n) is 27.5. The van der Waals surface area contributed by atoms with Crippen LogP contribution in [0.15, 0.2) is 99.6 Å². The average molecular weight is 675 g/mol. The summed E-state index contributed by atoms with van der Waals surface area (Å²) in [5, 5.41) is 14.4. The summed E-state index contributed by atoms with van der Waals surface area (Å²) in [5.74, 6) is 0.874. The predicted octanol–water partition coefficient (Wildman–Crippen LogP) is 9.70. The van der Waals surface area contributed by atoms with Crippen molar-refractivity contribution in [3.63, 3.8) is 0 Å². The maximum Gasteiger partial charge on any atom is 0.251 e. The highest BCUT2D eigenvalue weighted by atomic mass is 35.5. The molecule has 1 aromatic rings. The average Bonchev–Trinajstić information content (AvgIpc) is 3.42. The van der Waals surface area contributed by atoms with Crippen LogP contribution >= 0.6 is 23.4 Å². The van der Waals surface area contributed by atoms with Crippen LogP contribution in [-0.4, -0.2) is 53.2 Å². The Balaban J connectivity index is 0.000000797. The van der Waals surface area contributed by atoms with Crippen molar-refractivity contribution in [1.82, 2.24) is 10.2 Å². The Morgan fingerprint density at radius 2 is 1.96 bits per heavy atom. The van der Waals surface area contributed by atoms with E-state index in [1.54, 1.807) is 30.0 Å². The lowest BCUT2D eigenvalue weighted by Crippen LogP contribution is -2.44. The van der Waals surface area contributed by atoms with E-state index in [9.17, 15) is 18.0 Å². The number of alkyl halides is 2. The smallest absolute Gasteiger partial charge is 0.251 e. The van der Waals surface area contributed by atoms with Crippen LogP contribution in [0, 0.1) is 17.1 Å². The third kappa shape index (κ3) is 12.5. The molecule has 10 heteroatoms. The maximum absolute atomic E-state index is 13.2. The largest absolute Gasteiger partial charge is 0.347 e. The molecule has 0 saturated carbocycles. The quantitative estimate of drug-likeness (QED) is 0.124. The summed E-state index contributed by atoms with van der Waals surface area (Å²) in [7, 11) is 0. The monoisotopic (exact) mass is 674 g/mol. The van der Waals surface area contributed by atoms with Gasteiger partial charge >= 0.3 is 0 Å². The van der Waals surface area contributed by atoms with E-state index in [1.165, 1.54) is 24.3 Å². The molecule has 1 fully saturated rings. The number of benzene rings is 1. The molecule has 1 saturated heterocycles. The first kappa shape index (κ1) is 38.9. The molecular weight excluding hydrogens is 629 g/mol. The van der Waals surface area contributed by atoms with Gasteiger partial charge in [-0.15, -0.1) is 11.8 Å². The zero-order chi connectivity index (χ0) is 34.2. The highest BCUT2D eigenvalue weighted by molar-refractivity contribution is 8.03. The van der Waals surface area contributed by atoms with E-state index in [0.717, 1.165) is 29.1 Å². The summed E-state index contributed by atoms with van der Waals surface area (Å²) in [6.07, 6.45) is 10.9. The van der Waals surface area contributed by atoms with E-state index in [1.807, 2.05) is 52.0 Å². The van der Waals surface area contributed by atoms with Crippen molar-refractivity contribution < 1.29 is 18.0 Å². The number of hydrogen-bond acceptors (Lipinski definition) is 5. The highest BCUT2D eigenvalue weighted by Gasteiger charge is 2.39. The molecule has 0 radical (unpaired) electrons. The Morgan fingerprint density at radius 1 is 1.22 bits per heavy atom. The number of amides is 1. The summed E-state index contributed by atoms with van der Waals surface area (Å²) in [6.45, 7) is 13.1. The van der Waals surface area contributed by atoms with Crippen molar-refractivity contribution in [2.45, 2.75) is 78.5 Å². The Labute approximate surface area is 281 Å². The highest BCUT2D eigenvalue weighted by Crippen LogP contribution is 2.35. The second-order valence-corrected chi connectivity index (χ2v) is 12.7. The first-order valence-corrected chi connectivity index (χ1v) is 16.8. The molecule has 3 rings (SSSR count). The number of amidine groups is 1. The van der Waals surface area contributed by atoms with Crippen molar-refractivity contribution in [3.8, 4) is 0 Å². The van der Waals surface area contributed by atoms with Gasteiger partial charge in [0.15, 0.2) is 0 Å². The van der Waals surface area contributed by atoms with Crippen LogP contribution < -0.4 is 5.32 Å². The summed E-state index contributed by atoms with van der Waals surface area (Å²) in [6, 6.07) is 5.65. The minimum absolute atomic E-state index is 0.127. The van der Waals surface area contributed by atoms with Gasteiger partial charge in [0.05, 0.1) is 23.5 Å². The van der Waals surface area contributed by atoms with Gasteiger partial charge in [-0.1, -0.05) is 73.9 Å². The van der Waals surface area contributed by atoms with E-state index in [-0.39, 0.29) is 35.1 Å². The molecule has 2 N–H and O–H groups in total. The fourth-order valence-electron chi connectivity index (χ4n) is 4.76. The van der Waals surface area contributed by atoms with Gasteiger partial charge in [-0.05, 0) is 69.4 Å². The lowest BCUT2D eigenvalue weighted by molar-refractivity contribution is -0.117. The molecular formula is C36H46ClF3N4OS. The molecule has 2 aliphatic heterocycles. The molecule has 46 heavy (non-hydrogen) atoms. The second-order valence-electron chi connectivity index (χ2n) is 11.2. The van der Waals surface area contributed by atoms with Crippen molar-refractivity contribution in [1.29, 1.82) is 5.41 Å². The Kier molecular flexibility index (Phi) is 16.9. The van der Waals surface area contributed by atoms with Crippen LogP contribution in [0.3, 0.4) is 0 Å². The van der Waals surface area contributed by atoms with E-state index in [2.05, 4.69) is 29.5 Å². The second kappa shape index (κ2) is 20.0. The van der Waals surface area contributed by atoms with Crippen LogP contribution in [0.4, 0.5) is 13.2 Å². The zero-order valence-corrected chi connectivity index (χ0v) is 29.1. The van der Waals surface area contributed by atoms with Crippen LogP contribution in [0.25, 0.3) is 0 Å². The molecule has 0 spiro atoms. The first-order valence-electron chi connectivity index (χ1n) is 15.5. The van der Waals surface area contributed by atoms with Gasteiger partial charge in [0.25, 0.3) is 5.91 Å². The molecule has 250 valence electrons. The molecule has 2 aliphatic rings. The molecule has 3 atom stereocenters. The molecule has 3 unspecified atom stereocenters. The number of nitrogens with one attached hydrogen (secondary N) is 2. The van der Waals surface area contributed by atoms with Gasteiger partial charge < -0.3 is 15.6 Å². The van der Waals surface area contributed by atoms with Crippen molar-refractivity contribution in [2.75, 3.05) is 13.1 Å². The van der Waals surface area contributed by atoms with Crippen LogP contribution in [0.2, 0.25) is 5.02 Å². The molecule has 0 bridgehead atoms. The lowest BCUT2D eigenvalue weighted by Gasteiger charge is -2.34. The minimum atomic E-state index is -2.44. The van der Waals surface area contributed by atoms with Crippen molar-refractivity contribution in [3.05, 3.63) is 105 Å². The molecule has 1 aromatic carbocycles. The number of thioether (sulfide) groups is 1. The summed E-state index contributed by atoms with van der Waals surface area (Å²) < 4.78 is 37.4. The Morgan fingerprint density at radius 3 is 2.52 bits per heavy atom. The third-order valence-electron chi connectivity index (χ3n) is 7.22. The summed E-state index contributed by atoms with van der Waals surface area (Å²) >= 11 is 7.14. The van der Waals surface area contributed by atoms with Gasteiger partial charge in [0.1, 0.15) is 11.7 Å². The van der Waals surface area contributed by atoms with Gasteiger partial charge in [-0.25, -0.2) is 13.2 Å². The Bertz CT molecular complexity index is 1390. The minimum Gasteiger partial charge on any atom is -0.347 e. The standard InChI is InChI=1S/C30H42F2N4OS.C6H4ClF/c1-7-11-22(15-14-20(4)5)30(37)35-23-17-26-24(25(33)12-10-13-27(31)32)18-34-29(36(26)19-23)28(21(6)9-3)38-16-8-2;7-5-2-1-3-6(8)4-5/h7-8,10-12,14-16,21,23,27-28,33H,9,13,17-19H2,1-6H3,(H,35,37);1-4H/b11-7-,12-10-,16-8-,22-15+,33-25?;. The molecule has 5 nitrogen and oxygen atoms in total. The molecule has 0 aliphatic carbocycles. The maximum atomic E-state index is 13.2. The number of carbonyl (C=O) groups excluding carboxylic acids is 1. The van der Waals surface area contributed by atoms with E-state index in [0.29, 0.717) is 36.0 Å². The summed E-state index contributed by atoms with van der Waals surface area (Å²) in [5.41, 5.74) is 3.54. The van der Waals surface area contributed by atoms with Crippen molar-refractivity contribution in [2.24, 2.45) is 10.9 Å².